The highest BCUT2D eigenvalue weighted by atomic mass is 79.9. The number of carboxylic acids is 1. The highest BCUT2D eigenvalue weighted by Gasteiger charge is 2.24. The quantitative estimate of drug-likeness (QED) is 0.685. The van der Waals surface area contributed by atoms with Crippen molar-refractivity contribution in [1.82, 2.24) is 5.32 Å². The number of aryl methyl sites for hydroxylation is 1. The van der Waals surface area contributed by atoms with E-state index in [2.05, 4.69) is 21.2 Å². The van der Waals surface area contributed by atoms with Gasteiger partial charge in [0.1, 0.15) is 5.75 Å². The topological polar surface area (TPSA) is 95.9 Å². The minimum atomic E-state index is -1.49. The third-order valence-corrected chi connectivity index (χ3v) is 3.26. The second kappa shape index (κ2) is 7.42. The van der Waals surface area contributed by atoms with E-state index in [-0.39, 0.29) is 13.2 Å². The predicted octanol–water partition coefficient (Wildman–Crippen LogP) is 1.48. The molecular weight excluding hydrogens is 342 g/mol. The molecule has 0 bridgehead atoms. The lowest BCUT2D eigenvalue weighted by Crippen LogP contribution is -2.43. The Morgan fingerprint density at radius 3 is 2.67 bits per heavy atom. The van der Waals surface area contributed by atoms with Crippen molar-refractivity contribution in [2.45, 2.75) is 25.9 Å². The number of aliphatic hydroxyl groups is 1. The van der Waals surface area contributed by atoms with Gasteiger partial charge in [-0.25, -0.2) is 0 Å². The molecule has 0 saturated heterocycles. The van der Waals surface area contributed by atoms with Crippen LogP contribution in [-0.4, -0.2) is 40.8 Å². The van der Waals surface area contributed by atoms with Crippen molar-refractivity contribution in [3.63, 3.8) is 0 Å². The number of nitrogens with one attached hydrogen (secondary N) is 1. The van der Waals surface area contributed by atoms with Crippen molar-refractivity contribution >= 4 is 27.8 Å². The summed E-state index contributed by atoms with van der Waals surface area (Å²) in [5, 5.41) is 20.8. The Balaban J connectivity index is 2.42. The number of hydrogen-bond acceptors (Lipinski definition) is 4. The summed E-state index contributed by atoms with van der Waals surface area (Å²) in [6.45, 7) is 2.91. The number of halogens is 1. The molecule has 0 aliphatic heterocycles. The Morgan fingerprint density at radius 2 is 2.10 bits per heavy atom. The molecule has 116 valence electrons. The van der Waals surface area contributed by atoms with Crippen LogP contribution in [0.4, 0.5) is 0 Å². The van der Waals surface area contributed by atoms with E-state index in [4.69, 9.17) is 9.84 Å². The molecule has 1 amide bonds. The second-order valence-electron chi connectivity index (χ2n) is 5.07. The van der Waals surface area contributed by atoms with Gasteiger partial charge in [0, 0.05) is 6.54 Å². The molecule has 0 aromatic heterocycles. The summed E-state index contributed by atoms with van der Waals surface area (Å²) in [4.78, 5) is 22.1. The van der Waals surface area contributed by atoms with E-state index in [1.165, 1.54) is 6.92 Å². The second-order valence-corrected chi connectivity index (χ2v) is 5.92. The number of amides is 1. The van der Waals surface area contributed by atoms with Gasteiger partial charge >= 0.3 is 5.97 Å². The third kappa shape index (κ3) is 6.59. The van der Waals surface area contributed by atoms with Gasteiger partial charge in [0.05, 0.1) is 16.5 Å². The molecule has 1 unspecified atom stereocenters. The van der Waals surface area contributed by atoms with E-state index in [1.54, 1.807) is 6.07 Å². The van der Waals surface area contributed by atoms with Crippen LogP contribution in [0.25, 0.3) is 0 Å². The first kappa shape index (κ1) is 17.5. The van der Waals surface area contributed by atoms with Gasteiger partial charge in [0.15, 0.2) is 6.61 Å². The zero-order valence-corrected chi connectivity index (χ0v) is 13.4. The van der Waals surface area contributed by atoms with Crippen LogP contribution >= 0.6 is 15.9 Å². The van der Waals surface area contributed by atoms with Crippen molar-refractivity contribution in [1.29, 1.82) is 0 Å². The largest absolute Gasteiger partial charge is 0.483 e. The molecule has 6 nitrogen and oxygen atoms in total. The summed E-state index contributed by atoms with van der Waals surface area (Å²) < 4.78 is 6.09. The van der Waals surface area contributed by atoms with E-state index in [9.17, 15) is 14.7 Å². The number of carbonyl (C=O) groups is 2. The number of carboxylic acid groups (broad SMARTS) is 1. The van der Waals surface area contributed by atoms with Gasteiger partial charge in [-0.05, 0) is 47.5 Å². The minimum absolute atomic E-state index is 0.156. The normalized spacial score (nSPS) is 13.3. The first-order chi connectivity index (χ1) is 9.69. The molecule has 1 aromatic rings. The van der Waals surface area contributed by atoms with Crippen LogP contribution in [0.15, 0.2) is 22.7 Å². The zero-order valence-electron chi connectivity index (χ0n) is 11.9. The summed E-state index contributed by atoms with van der Waals surface area (Å²) >= 11 is 3.33. The number of carbonyl (C=O) groups excluding carboxylic acids is 1. The Morgan fingerprint density at radius 1 is 1.43 bits per heavy atom. The Kier molecular flexibility index (Phi) is 6.17. The summed E-state index contributed by atoms with van der Waals surface area (Å²) in [6.07, 6.45) is -0.447. The number of benzene rings is 1. The highest BCUT2D eigenvalue weighted by molar-refractivity contribution is 9.10. The molecule has 0 aliphatic rings. The van der Waals surface area contributed by atoms with Crippen molar-refractivity contribution < 1.29 is 24.5 Å². The summed E-state index contributed by atoms with van der Waals surface area (Å²) in [5.41, 5.74) is -0.435. The first-order valence-corrected chi connectivity index (χ1v) is 7.09. The lowest BCUT2D eigenvalue weighted by Gasteiger charge is -2.21. The predicted molar refractivity (Wildman–Crippen MR) is 80.3 cm³/mol. The van der Waals surface area contributed by atoms with E-state index in [1.807, 2.05) is 19.1 Å². The standard InChI is InChI=1S/C14H18BrNO5/c1-9-3-4-11(10(15)5-9)21-7-12(17)16-8-14(2,20)6-13(18)19/h3-5,20H,6-8H2,1-2H3,(H,16,17)(H,18,19). The van der Waals surface area contributed by atoms with E-state index in [0.29, 0.717) is 5.75 Å². The summed E-state index contributed by atoms with van der Waals surface area (Å²) in [6, 6.07) is 5.47. The van der Waals surface area contributed by atoms with Crippen LogP contribution in [0.2, 0.25) is 0 Å². The van der Waals surface area contributed by atoms with E-state index in [0.717, 1.165) is 10.0 Å². The number of rotatable bonds is 7. The molecule has 0 heterocycles. The van der Waals surface area contributed by atoms with Gasteiger partial charge < -0.3 is 20.3 Å². The van der Waals surface area contributed by atoms with Crippen LogP contribution in [0.5, 0.6) is 5.75 Å². The molecule has 3 N–H and O–H groups in total. The van der Waals surface area contributed by atoms with Crippen molar-refractivity contribution in [3.8, 4) is 5.75 Å². The molecule has 0 spiro atoms. The smallest absolute Gasteiger partial charge is 0.306 e. The van der Waals surface area contributed by atoms with Gasteiger partial charge in [0.25, 0.3) is 5.91 Å². The molecule has 21 heavy (non-hydrogen) atoms. The molecule has 0 aliphatic carbocycles. The van der Waals surface area contributed by atoms with Crippen LogP contribution in [-0.2, 0) is 9.59 Å². The molecule has 0 fully saturated rings. The van der Waals surface area contributed by atoms with E-state index >= 15 is 0 Å². The van der Waals surface area contributed by atoms with Crippen molar-refractivity contribution in [3.05, 3.63) is 28.2 Å². The lowest BCUT2D eigenvalue weighted by molar-refractivity contribution is -0.142. The molecule has 1 aromatic carbocycles. The van der Waals surface area contributed by atoms with Crippen molar-refractivity contribution in [2.24, 2.45) is 0 Å². The minimum Gasteiger partial charge on any atom is -0.483 e. The number of ether oxygens (including phenoxy) is 1. The fourth-order valence-corrected chi connectivity index (χ4v) is 2.20. The van der Waals surface area contributed by atoms with Crippen LogP contribution < -0.4 is 10.1 Å². The molecular formula is C14H18BrNO5. The lowest BCUT2D eigenvalue weighted by atomic mass is 10.0. The molecule has 7 heteroatoms. The van der Waals surface area contributed by atoms with Crippen molar-refractivity contribution in [2.75, 3.05) is 13.2 Å². The number of aliphatic carboxylic acids is 1. The zero-order chi connectivity index (χ0) is 16.0. The van der Waals surface area contributed by atoms with Gasteiger partial charge in [-0.2, -0.15) is 0 Å². The average molecular weight is 360 g/mol. The fraction of sp³-hybridized carbons (Fsp3) is 0.429. The van der Waals surface area contributed by atoms with Crippen LogP contribution in [0, 0.1) is 6.92 Å². The summed E-state index contributed by atoms with van der Waals surface area (Å²) in [5.74, 6) is -1.03. The SMILES string of the molecule is Cc1ccc(OCC(=O)NCC(C)(O)CC(=O)O)c(Br)c1. The van der Waals surface area contributed by atoms with Gasteiger partial charge in [-0.3, -0.25) is 9.59 Å². The molecule has 1 rings (SSSR count). The molecule has 1 atom stereocenters. The maximum absolute atomic E-state index is 11.6. The Hall–Kier alpha value is -1.60. The summed E-state index contributed by atoms with van der Waals surface area (Å²) in [7, 11) is 0. The molecule has 0 radical (unpaired) electrons. The number of hydrogen-bond donors (Lipinski definition) is 3. The van der Waals surface area contributed by atoms with Gasteiger partial charge in [-0.1, -0.05) is 6.07 Å². The van der Waals surface area contributed by atoms with E-state index < -0.39 is 23.9 Å². The Labute approximate surface area is 131 Å². The first-order valence-electron chi connectivity index (χ1n) is 6.29. The maximum atomic E-state index is 11.6. The third-order valence-electron chi connectivity index (χ3n) is 2.64. The monoisotopic (exact) mass is 359 g/mol. The highest BCUT2D eigenvalue weighted by Crippen LogP contribution is 2.25. The Bertz CT molecular complexity index is 530. The van der Waals surface area contributed by atoms with Gasteiger partial charge in [-0.15, -0.1) is 0 Å². The molecule has 0 saturated carbocycles. The maximum Gasteiger partial charge on any atom is 0.306 e. The average Bonchev–Trinajstić information content (AvgIpc) is 2.34. The fourth-order valence-electron chi connectivity index (χ4n) is 1.59. The van der Waals surface area contributed by atoms with Crippen LogP contribution in [0.3, 0.4) is 0 Å². The van der Waals surface area contributed by atoms with Gasteiger partial charge in [0.2, 0.25) is 0 Å². The van der Waals surface area contributed by atoms with Crippen LogP contribution in [0.1, 0.15) is 18.9 Å².